The van der Waals surface area contributed by atoms with Crippen LogP contribution in [0.5, 0.6) is 0 Å². The van der Waals surface area contributed by atoms with E-state index in [2.05, 4.69) is 9.44 Å². The van der Waals surface area contributed by atoms with Crippen LogP contribution in [0.1, 0.15) is 11.1 Å². The Labute approximate surface area is 197 Å². The fraction of sp³-hybridized carbons (Fsp3) is 0.176. The first-order valence-electron chi connectivity index (χ1n) is 8.89. The van der Waals surface area contributed by atoms with Gasteiger partial charge in [0.2, 0.25) is 10.0 Å². The molecule has 0 aliphatic heterocycles. The van der Waals surface area contributed by atoms with Gasteiger partial charge in [0.1, 0.15) is 9.79 Å². The van der Waals surface area contributed by atoms with E-state index in [9.17, 15) is 42.8 Å². The van der Waals surface area contributed by atoms with Gasteiger partial charge in [-0.15, -0.1) is 0 Å². The van der Waals surface area contributed by atoms with Crippen molar-refractivity contribution < 1.29 is 42.8 Å². The third-order valence-electron chi connectivity index (χ3n) is 4.06. The highest BCUT2D eigenvalue weighted by atomic mass is 32.2. The molecule has 0 heterocycles. The fourth-order valence-corrected chi connectivity index (χ4v) is 5.13. The molecule has 0 fully saturated rings. The van der Waals surface area contributed by atoms with E-state index in [4.69, 9.17) is 0 Å². The van der Waals surface area contributed by atoms with Crippen molar-refractivity contribution in [3.63, 3.8) is 0 Å². The molecule has 4 N–H and O–H groups in total. The topological polar surface area (TPSA) is 204 Å². The van der Waals surface area contributed by atoms with Crippen molar-refractivity contribution >= 4 is 64.0 Å². The van der Waals surface area contributed by atoms with Gasteiger partial charge in [0.15, 0.2) is 0 Å². The minimum atomic E-state index is -4.85. The summed E-state index contributed by atoms with van der Waals surface area (Å²) in [6.45, 7) is 0. The molecule has 0 aliphatic rings. The average Bonchev–Trinajstić information content (AvgIpc) is 2.64. The zero-order chi connectivity index (χ0) is 26.1. The molecular formula is C17H21N3O10S4. The lowest BCUT2D eigenvalue weighted by molar-refractivity contribution is 0.480. The lowest BCUT2D eigenvalue weighted by atomic mass is 10.1. The molecule has 0 unspecified atom stereocenters. The Bertz CT molecular complexity index is 1560. The van der Waals surface area contributed by atoms with Gasteiger partial charge in [-0.25, -0.2) is 8.42 Å². The monoisotopic (exact) mass is 555 g/mol. The van der Waals surface area contributed by atoms with Crippen LogP contribution in [0.2, 0.25) is 0 Å². The number of hydrogen-bond donors (Lipinski definition) is 4. The summed E-state index contributed by atoms with van der Waals surface area (Å²) in [5.74, 6) is 0. The van der Waals surface area contributed by atoms with Gasteiger partial charge < -0.3 is 0 Å². The highest BCUT2D eigenvalue weighted by Crippen LogP contribution is 2.27. The lowest BCUT2D eigenvalue weighted by Crippen LogP contribution is -2.29. The minimum Gasteiger partial charge on any atom is -0.284 e. The highest BCUT2D eigenvalue weighted by molar-refractivity contribution is 7.92. The van der Waals surface area contributed by atoms with Crippen molar-refractivity contribution in [2.24, 2.45) is 0 Å². The van der Waals surface area contributed by atoms with Crippen LogP contribution < -0.4 is 9.44 Å². The molecule has 2 rings (SSSR count). The van der Waals surface area contributed by atoms with E-state index in [0.29, 0.717) is 0 Å². The first-order chi connectivity index (χ1) is 15.3. The molecule has 0 saturated carbocycles. The van der Waals surface area contributed by atoms with Crippen molar-refractivity contribution in [1.82, 2.24) is 4.31 Å². The molecule has 0 saturated heterocycles. The first-order valence-corrected chi connectivity index (χ1v) is 15.1. The van der Waals surface area contributed by atoms with Crippen LogP contribution in [0.3, 0.4) is 0 Å². The van der Waals surface area contributed by atoms with Gasteiger partial charge in [0.05, 0.1) is 11.9 Å². The zero-order valence-electron chi connectivity index (χ0n) is 17.9. The SMILES string of the molecule is CN(C)S(=O)(=O)Nc1ccc(C=Cc2ccc(NS(C)(=O)=O)cc2S(=O)(=O)O)c(S(=O)(=O)O)c1. The molecule has 13 nitrogen and oxygen atoms in total. The summed E-state index contributed by atoms with van der Waals surface area (Å²) in [7, 11) is -14.9. The normalized spacial score (nSPS) is 13.4. The van der Waals surface area contributed by atoms with Crippen LogP contribution in [-0.2, 0) is 40.5 Å². The molecule has 0 amide bonds. The van der Waals surface area contributed by atoms with E-state index < -0.39 is 50.3 Å². The number of nitrogens with zero attached hydrogens (tertiary/aromatic N) is 1. The Kier molecular flexibility index (Phi) is 7.83. The van der Waals surface area contributed by atoms with Crippen LogP contribution in [0.15, 0.2) is 46.2 Å². The summed E-state index contributed by atoms with van der Waals surface area (Å²) in [6, 6.07) is 6.44. The van der Waals surface area contributed by atoms with Gasteiger partial charge >= 0.3 is 10.2 Å². The summed E-state index contributed by atoms with van der Waals surface area (Å²) in [5, 5.41) is 0. The molecule has 17 heteroatoms. The van der Waals surface area contributed by atoms with E-state index in [1.165, 1.54) is 26.2 Å². The fourth-order valence-electron chi connectivity index (χ4n) is 2.55. The summed E-state index contributed by atoms with van der Waals surface area (Å²) in [6.07, 6.45) is 3.04. The van der Waals surface area contributed by atoms with E-state index in [0.717, 1.165) is 47.0 Å². The molecule has 2 aromatic carbocycles. The average molecular weight is 556 g/mol. The highest BCUT2D eigenvalue weighted by Gasteiger charge is 2.20. The van der Waals surface area contributed by atoms with Crippen molar-refractivity contribution in [2.75, 3.05) is 29.8 Å². The van der Waals surface area contributed by atoms with Gasteiger partial charge in [-0.1, -0.05) is 24.3 Å². The predicted molar refractivity (Wildman–Crippen MR) is 126 cm³/mol. The predicted octanol–water partition coefficient (Wildman–Crippen LogP) is 0.940. The Morgan fingerprint density at radius 1 is 0.706 bits per heavy atom. The standard InChI is InChI=1S/C17H21N3O10S4/c1-20(2)34(29,30)19-15-9-7-13(17(11-15)33(26,27)28)5-4-12-6-8-14(18-31(3,21)22)10-16(12)32(23,24)25/h4-11,18-19H,1-3H3,(H,23,24,25)(H,26,27,28). The van der Waals surface area contributed by atoms with Crippen LogP contribution in [0.4, 0.5) is 11.4 Å². The lowest BCUT2D eigenvalue weighted by Gasteiger charge is -2.14. The van der Waals surface area contributed by atoms with E-state index in [1.54, 1.807) is 0 Å². The molecule has 0 aromatic heterocycles. The summed E-state index contributed by atoms with van der Waals surface area (Å²) in [5.41, 5.74) is -0.605. The summed E-state index contributed by atoms with van der Waals surface area (Å²) >= 11 is 0. The molecule has 0 radical (unpaired) electrons. The maximum Gasteiger partial charge on any atom is 0.301 e. The van der Waals surface area contributed by atoms with E-state index >= 15 is 0 Å². The third-order valence-corrected chi connectivity index (χ3v) is 7.94. The number of hydrogen-bond acceptors (Lipinski definition) is 8. The minimum absolute atomic E-state index is 0.139. The van der Waals surface area contributed by atoms with E-state index in [1.807, 2.05) is 0 Å². The number of benzene rings is 2. The third kappa shape index (κ3) is 7.49. The molecule has 188 valence electrons. The van der Waals surface area contributed by atoms with Crippen molar-refractivity contribution in [2.45, 2.75) is 9.79 Å². The second-order valence-electron chi connectivity index (χ2n) is 7.05. The Hall–Kier alpha value is -2.54. The van der Waals surface area contributed by atoms with Crippen LogP contribution in [0.25, 0.3) is 12.2 Å². The van der Waals surface area contributed by atoms with Crippen LogP contribution >= 0.6 is 0 Å². The Morgan fingerprint density at radius 3 is 1.41 bits per heavy atom. The molecule has 0 bridgehead atoms. The van der Waals surface area contributed by atoms with Crippen molar-refractivity contribution in [3.05, 3.63) is 47.5 Å². The molecule has 0 spiro atoms. The van der Waals surface area contributed by atoms with Gasteiger partial charge in [0.25, 0.3) is 20.2 Å². The van der Waals surface area contributed by atoms with E-state index in [-0.39, 0.29) is 22.5 Å². The second-order valence-corrected chi connectivity index (χ2v) is 13.5. The molecule has 0 atom stereocenters. The molecule has 2 aromatic rings. The largest absolute Gasteiger partial charge is 0.301 e. The first kappa shape index (κ1) is 27.7. The quantitative estimate of drug-likeness (QED) is 0.254. The smallest absolute Gasteiger partial charge is 0.284 e. The number of nitrogens with one attached hydrogen (secondary N) is 2. The maximum absolute atomic E-state index is 12.0. The number of sulfonamides is 1. The second kappa shape index (κ2) is 9.61. The summed E-state index contributed by atoms with van der Waals surface area (Å²) in [4.78, 5) is -1.37. The van der Waals surface area contributed by atoms with Crippen molar-refractivity contribution in [3.8, 4) is 0 Å². The van der Waals surface area contributed by atoms with Gasteiger partial charge in [-0.05, 0) is 35.4 Å². The van der Waals surface area contributed by atoms with Gasteiger partial charge in [0, 0.05) is 19.8 Å². The van der Waals surface area contributed by atoms with Gasteiger partial charge in [-0.3, -0.25) is 18.5 Å². The number of anilines is 2. The zero-order valence-corrected chi connectivity index (χ0v) is 21.1. The maximum atomic E-state index is 12.0. The summed E-state index contributed by atoms with van der Waals surface area (Å²) < 4.78 is 118. The van der Waals surface area contributed by atoms with Crippen molar-refractivity contribution in [1.29, 1.82) is 0 Å². The number of rotatable bonds is 9. The van der Waals surface area contributed by atoms with Crippen LogP contribution in [0, 0.1) is 0 Å². The molecular weight excluding hydrogens is 534 g/mol. The van der Waals surface area contributed by atoms with Gasteiger partial charge in [-0.2, -0.15) is 29.6 Å². The Balaban J connectivity index is 2.58. The van der Waals surface area contributed by atoms with Crippen LogP contribution in [-0.4, -0.2) is 67.4 Å². The molecule has 34 heavy (non-hydrogen) atoms. The molecule has 0 aliphatic carbocycles. The Morgan fingerprint density at radius 2 is 1.09 bits per heavy atom.